The smallest absolute Gasteiger partial charge is 0.242 e. The summed E-state index contributed by atoms with van der Waals surface area (Å²) in [4.78, 5) is 31.3. The number of carbonyl (C=O) groups is 2. The van der Waals surface area contributed by atoms with E-state index in [1.54, 1.807) is 0 Å². The molecule has 1 aromatic rings. The molecule has 0 spiro atoms. The van der Waals surface area contributed by atoms with Gasteiger partial charge < -0.3 is 19.9 Å². The highest BCUT2D eigenvalue weighted by atomic mass is 16.5. The Morgan fingerprint density at radius 1 is 1.15 bits per heavy atom. The van der Waals surface area contributed by atoms with Gasteiger partial charge in [0.2, 0.25) is 5.91 Å². The predicted octanol–water partition coefficient (Wildman–Crippen LogP) is 4.15. The van der Waals surface area contributed by atoms with E-state index in [1.165, 1.54) is 0 Å². The number of nitrogens with zero attached hydrogens (tertiary/aromatic N) is 2. The Labute approximate surface area is 196 Å². The zero-order valence-electron chi connectivity index (χ0n) is 19.8. The number of para-hydroxylation sites is 2. The van der Waals surface area contributed by atoms with Crippen LogP contribution in [0.15, 0.2) is 47.7 Å². The van der Waals surface area contributed by atoms with Gasteiger partial charge in [-0.05, 0) is 49.1 Å². The summed E-state index contributed by atoms with van der Waals surface area (Å²) in [5.41, 5.74) is 3.87. The van der Waals surface area contributed by atoms with Gasteiger partial charge in [-0.2, -0.15) is 0 Å². The number of benzene rings is 1. The molecule has 4 aliphatic rings. The number of hydrogen-bond donors (Lipinski definition) is 1. The third kappa shape index (κ3) is 4.45. The van der Waals surface area contributed by atoms with E-state index >= 15 is 0 Å². The Balaban J connectivity index is 1.60. The first-order chi connectivity index (χ1) is 15.9. The first kappa shape index (κ1) is 22.2. The van der Waals surface area contributed by atoms with Gasteiger partial charge in [-0.3, -0.25) is 9.59 Å². The lowest BCUT2D eigenvalue weighted by atomic mass is 9.71. The van der Waals surface area contributed by atoms with Gasteiger partial charge in [-0.1, -0.05) is 38.1 Å². The molecule has 0 bridgehead atoms. The highest BCUT2D eigenvalue weighted by Crippen LogP contribution is 2.46. The van der Waals surface area contributed by atoms with E-state index in [9.17, 15) is 9.59 Å². The molecule has 1 amide bonds. The molecule has 33 heavy (non-hydrogen) atoms. The van der Waals surface area contributed by atoms with Crippen molar-refractivity contribution in [2.75, 3.05) is 43.1 Å². The van der Waals surface area contributed by atoms with E-state index in [-0.39, 0.29) is 29.7 Å². The third-order valence-corrected chi connectivity index (χ3v) is 7.48. The van der Waals surface area contributed by atoms with Crippen molar-refractivity contribution in [3.05, 3.63) is 47.7 Å². The Morgan fingerprint density at radius 2 is 1.94 bits per heavy atom. The number of allylic oxidation sites excluding steroid dienone is 3. The van der Waals surface area contributed by atoms with Crippen molar-refractivity contribution in [2.45, 2.75) is 52.0 Å². The number of amides is 1. The lowest BCUT2D eigenvalue weighted by molar-refractivity contribution is -0.134. The summed E-state index contributed by atoms with van der Waals surface area (Å²) in [6.07, 6.45) is 8.85. The molecule has 0 aromatic heterocycles. The standard InChI is InChI=1S/C27H35N3O3/c1-27(2)16-21-25(23(31)17-27)26(19-8-4-3-5-9-19)30(22-11-7-6-10-20(22)28-21)18-24(32)29-12-14-33-15-13-29/h3-4,6-7,10-11,19,26,28H,5,8-9,12-18H2,1-2H3/t19-,26-/m0/s1. The maximum absolute atomic E-state index is 13.7. The lowest BCUT2D eigenvalue weighted by Crippen LogP contribution is -2.52. The zero-order chi connectivity index (χ0) is 23.0. The number of ether oxygens (including phenoxy) is 1. The van der Waals surface area contributed by atoms with Gasteiger partial charge in [0.25, 0.3) is 0 Å². The van der Waals surface area contributed by atoms with Gasteiger partial charge in [0.15, 0.2) is 5.78 Å². The van der Waals surface area contributed by atoms with Crippen molar-refractivity contribution >= 4 is 23.1 Å². The Bertz CT molecular complexity index is 990. The van der Waals surface area contributed by atoms with Crippen LogP contribution < -0.4 is 10.2 Å². The highest BCUT2D eigenvalue weighted by Gasteiger charge is 2.44. The molecule has 1 N–H and O–H groups in total. The molecule has 0 radical (unpaired) electrons. The predicted molar refractivity (Wildman–Crippen MR) is 130 cm³/mol. The second kappa shape index (κ2) is 8.98. The van der Waals surface area contributed by atoms with Gasteiger partial charge in [-0.25, -0.2) is 0 Å². The zero-order valence-corrected chi connectivity index (χ0v) is 19.8. The van der Waals surface area contributed by atoms with Crippen molar-refractivity contribution < 1.29 is 14.3 Å². The average molecular weight is 450 g/mol. The van der Waals surface area contributed by atoms with Crippen LogP contribution >= 0.6 is 0 Å². The Morgan fingerprint density at radius 3 is 2.70 bits per heavy atom. The minimum Gasteiger partial charge on any atom is -0.378 e. The highest BCUT2D eigenvalue weighted by molar-refractivity contribution is 6.01. The molecule has 2 aliphatic heterocycles. The molecule has 1 saturated heterocycles. The topological polar surface area (TPSA) is 61.9 Å². The van der Waals surface area contributed by atoms with Crippen LogP contribution in [0.4, 0.5) is 11.4 Å². The van der Waals surface area contributed by atoms with Crippen LogP contribution in [-0.2, 0) is 14.3 Å². The lowest BCUT2D eigenvalue weighted by Gasteiger charge is -2.42. The summed E-state index contributed by atoms with van der Waals surface area (Å²) in [5, 5.41) is 3.65. The fraction of sp³-hybridized carbons (Fsp3) is 0.556. The summed E-state index contributed by atoms with van der Waals surface area (Å²) < 4.78 is 5.46. The quantitative estimate of drug-likeness (QED) is 0.703. The van der Waals surface area contributed by atoms with Crippen LogP contribution in [0.25, 0.3) is 0 Å². The van der Waals surface area contributed by atoms with E-state index < -0.39 is 0 Å². The van der Waals surface area contributed by atoms with Crippen molar-refractivity contribution in [1.82, 2.24) is 4.90 Å². The number of morpholine rings is 1. The molecule has 2 aliphatic carbocycles. The van der Waals surface area contributed by atoms with Crippen LogP contribution in [0.3, 0.4) is 0 Å². The molecule has 176 valence electrons. The summed E-state index contributed by atoms with van der Waals surface area (Å²) in [6.45, 7) is 7.05. The van der Waals surface area contributed by atoms with Crippen LogP contribution in [0.5, 0.6) is 0 Å². The number of Topliss-reactive ketones (excluding diaryl/α,β-unsaturated/α-hetero) is 1. The molecule has 1 aromatic carbocycles. The van der Waals surface area contributed by atoms with Crippen molar-refractivity contribution in [3.63, 3.8) is 0 Å². The van der Waals surface area contributed by atoms with E-state index in [1.807, 2.05) is 17.0 Å². The minimum absolute atomic E-state index is 0.0757. The van der Waals surface area contributed by atoms with E-state index in [0.29, 0.717) is 38.6 Å². The monoisotopic (exact) mass is 449 g/mol. The molecule has 6 heteroatoms. The van der Waals surface area contributed by atoms with Crippen LogP contribution in [0, 0.1) is 11.3 Å². The summed E-state index contributed by atoms with van der Waals surface area (Å²) in [5.74, 6) is 0.637. The largest absolute Gasteiger partial charge is 0.378 e. The SMILES string of the molecule is CC1(C)CC(=O)C2=C(C1)Nc1ccccc1N(CC(=O)N1CCOCC1)[C@H]2[C@H]1CC=CCC1. The summed E-state index contributed by atoms with van der Waals surface area (Å²) in [7, 11) is 0. The van der Waals surface area contributed by atoms with E-state index in [2.05, 4.69) is 48.3 Å². The first-order valence-electron chi connectivity index (χ1n) is 12.3. The van der Waals surface area contributed by atoms with E-state index in [4.69, 9.17) is 4.74 Å². The maximum atomic E-state index is 13.7. The normalized spacial score (nSPS) is 26.9. The first-order valence-corrected chi connectivity index (χ1v) is 12.3. The van der Waals surface area contributed by atoms with Gasteiger partial charge in [-0.15, -0.1) is 0 Å². The number of nitrogens with one attached hydrogen (secondary N) is 1. The molecule has 0 unspecified atom stereocenters. The average Bonchev–Trinajstić information content (AvgIpc) is 2.94. The molecule has 6 nitrogen and oxygen atoms in total. The number of carbonyl (C=O) groups excluding carboxylic acids is 2. The molecule has 5 rings (SSSR count). The number of fused-ring (bicyclic) bond motifs is 1. The maximum Gasteiger partial charge on any atom is 0.242 e. The van der Waals surface area contributed by atoms with E-state index in [0.717, 1.165) is 48.3 Å². The van der Waals surface area contributed by atoms with Gasteiger partial charge in [0.1, 0.15) is 0 Å². The second-order valence-electron chi connectivity index (χ2n) is 10.6. The van der Waals surface area contributed by atoms with Gasteiger partial charge in [0.05, 0.1) is 37.2 Å². The van der Waals surface area contributed by atoms with Crippen LogP contribution in [0.1, 0.15) is 46.0 Å². The summed E-state index contributed by atoms with van der Waals surface area (Å²) >= 11 is 0. The molecule has 2 heterocycles. The van der Waals surface area contributed by atoms with Gasteiger partial charge in [0, 0.05) is 30.8 Å². The van der Waals surface area contributed by atoms with Crippen molar-refractivity contribution in [3.8, 4) is 0 Å². The molecule has 2 atom stereocenters. The summed E-state index contributed by atoms with van der Waals surface area (Å²) in [6, 6.07) is 8.11. The fourth-order valence-corrected chi connectivity index (χ4v) is 5.92. The van der Waals surface area contributed by atoms with Crippen molar-refractivity contribution in [2.24, 2.45) is 11.3 Å². The van der Waals surface area contributed by atoms with Gasteiger partial charge >= 0.3 is 0 Å². The molecule has 0 saturated carbocycles. The second-order valence-corrected chi connectivity index (χ2v) is 10.6. The number of rotatable bonds is 3. The molecular formula is C27H35N3O3. The molecular weight excluding hydrogens is 414 g/mol. The van der Waals surface area contributed by atoms with Crippen LogP contribution in [-0.4, -0.2) is 55.5 Å². The third-order valence-electron chi connectivity index (χ3n) is 7.48. The number of anilines is 2. The minimum atomic E-state index is -0.102. The Hall–Kier alpha value is -2.60. The Kier molecular flexibility index (Phi) is 6.04. The number of ketones is 1. The fourth-order valence-electron chi connectivity index (χ4n) is 5.92. The molecule has 1 fully saturated rings. The number of hydrogen-bond acceptors (Lipinski definition) is 5. The van der Waals surface area contributed by atoms with Crippen LogP contribution in [0.2, 0.25) is 0 Å². The van der Waals surface area contributed by atoms with Crippen molar-refractivity contribution in [1.29, 1.82) is 0 Å².